The largest absolute Gasteiger partial charge is 0.324 e. The van der Waals surface area contributed by atoms with E-state index in [2.05, 4.69) is 10.3 Å². The fraction of sp³-hybridized carbons (Fsp3) is 0.611. The second-order valence-electron chi connectivity index (χ2n) is 7.95. The minimum atomic E-state index is -3.74. The summed E-state index contributed by atoms with van der Waals surface area (Å²) < 4.78 is 25.2. The molecule has 0 unspecified atom stereocenters. The third-order valence-electron chi connectivity index (χ3n) is 5.40. The van der Waals surface area contributed by atoms with Gasteiger partial charge in [-0.25, -0.2) is 17.7 Å². The molecule has 1 saturated heterocycles. The van der Waals surface area contributed by atoms with Crippen LogP contribution in [-0.2, 0) is 21.4 Å². The number of carbonyl (C=O) groups is 2. The number of hydrogen-bond donors (Lipinski definition) is 1. The Morgan fingerprint density at radius 1 is 1.38 bits per heavy atom. The third kappa shape index (κ3) is 4.08. The van der Waals surface area contributed by atoms with E-state index in [1.165, 1.54) is 24.2 Å². The van der Waals surface area contributed by atoms with Crippen LogP contribution in [0.2, 0.25) is 0 Å². The van der Waals surface area contributed by atoms with Crippen LogP contribution in [0.25, 0.3) is 0 Å². The molecule has 4 rings (SSSR count). The van der Waals surface area contributed by atoms with Crippen molar-refractivity contribution in [3.63, 3.8) is 0 Å². The van der Waals surface area contributed by atoms with E-state index in [1.807, 2.05) is 13.8 Å². The molecule has 11 heteroatoms. The lowest BCUT2D eigenvalue weighted by atomic mass is 9.89. The second kappa shape index (κ2) is 7.98. The summed E-state index contributed by atoms with van der Waals surface area (Å²) in [7, 11) is -3.74. The first-order valence-electron chi connectivity index (χ1n) is 9.41. The fourth-order valence-corrected chi connectivity index (χ4v) is 5.67. The Hall–Kier alpha value is -1.49. The molecule has 1 N–H and O–H groups in total. The van der Waals surface area contributed by atoms with E-state index in [4.69, 9.17) is 0 Å². The molecule has 0 radical (unpaired) electrons. The maximum atomic E-state index is 13.1. The fourth-order valence-electron chi connectivity index (χ4n) is 3.93. The summed E-state index contributed by atoms with van der Waals surface area (Å²) in [6.07, 6.45) is 5.06. The van der Waals surface area contributed by atoms with E-state index < -0.39 is 27.9 Å². The number of nitrogens with zero attached hydrogens (tertiary/aromatic N) is 3. The lowest BCUT2D eigenvalue weighted by Gasteiger charge is -2.28. The van der Waals surface area contributed by atoms with E-state index in [0.29, 0.717) is 24.0 Å². The topological polar surface area (TPSA) is 99.7 Å². The SMILES string of the molecule is CC(C)[C@@H]1C(=O)N(S(C)(=O)=O)C2=CCN(C(=O)c3csc(CNC4CC4)n3)[C@H]21.Cl. The molecule has 29 heavy (non-hydrogen) atoms. The summed E-state index contributed by atoms with van der Waals surface area (Å²) in [4.78, 5) is 32.0. The predicted octanol–water partition coefficient (Wildman–Crippen LogP) is 1.60. The molecule has 1 aromatic rings. The first-order chi connectivity index (χ1) is 13.2. The number of aromatic nitrogens is 1. The number of hydrogen-bond acceptors (Lipinski definition) is 7. The number of fused-ring (bicyclic) bond motifs is 1. The van der Waals surface area contributed by atoms with Gasteiger partial charge < -0.3 is 10.2 Å². The lowest BCUT2D eigenvalue weighted by molar-refractivity contribution is -0.128. The molecule has 0 aromatic carbocycles. The van der Waals surface area contributed by atoms with Gasteiger partial charge in [0, 0.05) is 24.5 Å². The molecule has 160 valence electrons. The van der Waals surface area contributed by atoms with Gasteiger partial charge in [0.25, 0.3) is 5.91 Å². The van der Waals surface area contributed by atoms with Crippen LogP contribution in [0.15, 0.2) is 17.2 Å². The highest BCUT2D eigenvalue weighted by Gasteiger charge is 2.54. The monoisotopic (exact) mass is 460 g/mol. The van der Waals surface area contributed by atoms with Crippen molar-refractivity contribution in [2.45, 2.75) is 45.3 Å². The number of amides is 2. The average Bonchev–Trinajstić information content (AvgIpc) is 3.02. The average molecular weight is 461 g/mol. The number of halogens is 1. The standard InChI is InChI=1S/C18H24N4O4S2.ClH/c1-10(2)15-16-13(22(18(15)24)28(3,25)26)6-7-21(16)17(23)12-9-27-14(20-12)8-19-11-4-5-11;/h6,9-11,15-16,19H,4-5,7-8H2,1-3H3;1H/t15-,16+;/m0./s1. The zero-order valence-corrected chi connectivity index (χ0v) is 18.9. The first-order valence-corrected chi connectivity index (χ1v) is 12.1. The van der Waals surface area contributed by atoms with E-state index in [0.717, 1.165) is 15.6 Å². The summed E-state index contributed by atoms with van der Waals surface area (Å²) in [5, 5.41) is 5.96. The van der Waals surface area contributed by atoms with Crippen LogP contribution in [0.1, 0.15) is 42.2 Å². The van der Waals surface area contributed by atoms with Crippen molar-refractivity contribution in [3.05, 3.63) is 27.9 Å². The Bertz CT molecular complexity index is 955. The molecule has 2 fully saturated rings. The molecule has 1 saturated carbocycles. The van der Waals surface area contributed by atoms with Gasteiger partial charge in [-0.05, 0) is 24.8 Å². The molecule has 1 aliphatic carbocycles. The van der Waals surface area contributed by atoms with Gasteiger partial charge in [-0.2, -0.15) is 0 Å². The van der Waals surface area contributed by atoms with Gasteiger partial charge in [0.05, 0.1) is 23.9 Å². The van der Waals surface area contributed by atoms with E-state index >= 15 is 0 Å². The van der Waals surface area contributed by atoms with Gasteiger partial charge in [-0.15, -0.1) is 23.7 Å². The van der Waals surface area contributed by atoms with E-state index in [-0.39, 0.29) is 30.8 Å². The van der Waals surface area contributed by atoms with Gasteiger partial charge in [0.2, 0.25) is 15.9 Å². The Labute approximate surface area is 180 Å². The van der Waals surface area contributed by atoms with Crippen molar-refractivity contribution in [1.29, 1.82) is 0 Å². The Balaban J connectivity index is 0.00000240. The van der Waals surface area contributed by atoms with Crippen molar-refractivity contribution in [1.82, 2.24) is 19.5 Å². The molecule has 2 atom stereocenters. The zero-order chi connectivity index (χ0) is 20.2. The lowest BCUT2D eigenvalue weighted by Crippen LogP contribution is -2.43. The number of rotatable bonds is 6. The molecule has 0 bridgehead atoms. The molecule has 3 aliphatic rings. The molecular weight excluding hydrogens is 436 g/mol. The second-order valence-corrected chi connectivity index (χ2v) is 10.7. The van der Waals surface area contributed by atoms with Crippen LogP contribution in [0, 0.1) is 11.8 Å². The van der Waals surface area contributed by atoms with Gasteiger partial charge in [0.1, 0.15) is 10.7 Å². The number of sulfonamides is 1. The van der Waals surface area contributed by atoms with Crippen LogP contribution in [0.5, 0.6) is 0 Å². The number of nitrogens with one attached hydrogen (secondary N) is 1. The van der Waals surface area contributed by atoms with Gasteiger partial charge in [0.15, 0.2) is 0 Å². The maximum absolute atomic E-state index is 13.1. The Morgan fingerprint density at radius 2 is 2.07 bits per heavy atom. The minimum Gasteiger partial charge on any atom is -0.324 e. The highest BCUT2D eigenvalue weighted by Crippen LogP contribution is 2.41. The highest BCUT2D eigenvalue weighted by molar-refractivity contribution is 7.89. The molecular formula is C18H25ClN4O4S2. The third-order valence-corrected chi connectivity index (χ3v) is 7.30. The van der Waals surface area contributed by atoms with Crippen molar-refractivity contribution in [2.75, 3.05) is 12.8 Å². The van der Waals surface area contributed by atoms with Gasteiger partial charge >= 0.3 is 0 Å². The van der Waals surface area contributed by atoms with Gasteiger partial charge in [-0.1, -0.05) is 13.8 Å². The zero-order valence-electron chi connectivity index (χ0n) is 16.5. The highest BCUT2D eigenvalue weighted by atomic mass is 35.5. The van der Waals surface area contributed by atoms with Crippen molar-refractivity contribution >= 4 is 45.6 Å². The summed E-state index contributed by atoms with van der Waals surface area (Å²) >= 11 is 1.43. The number of carbonyl (C=O) groups excluding carboxylic acids is 2. The van der Waals surface area contributed by atoms with Crippen molar-refractivity contribution in [2.24, 2.45) is 11.8 Å². The maximum Gasteiger partial charge on any atom is 0.274 e. The Kier molecular flexibility index (Phi) is 6.11. The molecule has 2 aliphatic heterocycles. The summed E-state index contributed by atoms with van der Waals surface area (Å²) in [6.45, 7) is 4.66. The van der Waals surface area contributed by atoms with Crippen LogP contribution >= 0.6 is 23.7 Å². The summed E-state index contributed by atoms with van der Waals surface area (Å²) in [5.41, 5.74) is 0.741. The molecule has 2 amide bonds. The van der Waals surface area contributed by atoms with Crippen LogP contribution in [0.4, 0.5) is 0 Å². The van der Waals surface area contributed by atoms with Crippen LogP contribution in [0.3, 0.4) is 0 Å². The minimum absolute atomic E-state index is 0. The molecule has 0 spiro atoms. The number of thiazole rings is 1. The van der Waals surface area contributed by atoms with Gasteiger partial charge in [-0.3, -0.25) is 9.59 Å². The van der Waals surface area contributed by atoms with E-state index in [1.54, 1.807) is 16.4 Å². The van der Waals surface area contributed by atoms with Crippen molar-refractivity contribution < 1.29 is 18.0 Å². The summed E-state index contributed by atoms with van der Waals surface area (Å²) in [5.74, 6) is -1.41. The Morgan fingerprint density at radius 3 is 2.66 bits per heavy atom. The summed E-state index contributed by atoms with van der Waals surface area (Å²) in [6, 6.07) is -0.00358. The molecule has 8 nitrogen and oxygen atoms in total. The normalized spacial score (nSPS) is 24.0. The first kappa shape index (κ1) is 22.2. The van der Waals surface area contributed by atoms with Crippen LogP contribution < -0.4 is 5.32 Å². The quantitative estimate of drug-likeness (QED) is 0.692. The molecule has 1 aromatic heterocycles. The van der Waals surface area contributed by atoms with E-state index in [9.17, 15) is 18.0 Å². The predicted molar refractivity (Wildman–Crippen MR) is 112 cm³/mol. The smallest absolute Gasteiger partial charge is 0.274 e. The molecule has 3 heterocycles. The van der Waals surface area contributed by atoms with Crippen LogP contribution in [-0.4, -0.2) is 59.3 Å². The van der Waals surface area contributed by atoms with Crippen molar-refractivity contribution in [3.8, 4) is 0 Å².